The number of anilines is 1. The Morgan fingerprint density at radius 3 is 2.73 bits per heavy atom. The molecule has 26 heavy (non-hydrogen) atoms. The molecule has 0 atom stereocenters. The van der Waals surface area contributed by atoms with E-state index in [0.29, 0.717) is 5.71 Å². The van der Waals surface area contributed by atoms with Gasteiger partial charge in [0.2, 0.25) is 5.71 Å². The summed E-state index contributed by atoms with van der Waals surface area (Å²) >= 11 is 3.41. The number of benzene rings is 2. The van der Waals surface area contributed by atoms with Crippen LogP contribution in [0.2, 0.25) is 0 Å². The fraction of sp³-hybridized carbons (Fsp3) is 0.100. The van der Waals surface area contributed by atoms with Gasteiger partial charge in [-0.3, -0.25) is 4.79 Å². The number of pyridine rings is 1. The van der Waals surface area contributed by atoms with E-state index in [1.165, 1.54) is 0 Å². The average molecular weight is 411 g/mol. The Hall–Kier alpha value is -2.86. The number of rotatable bonds is 3. The molecule has 5 nitrogen and oxygen atoms in total. The van der Waals surface area contributed by atoms with Crippen LogP contribution in [0.1, 0.15) is 16.1 Å². The van der Waals surface area contributed by atoms with E-state index in [2.05, 4.69) is 26.2 Å². The Kier molecular flexibility index (Phi) is 4.12. The zero-order valence-electron chi connectivity index (χ0n) is 14.2. The van der Waals surface area contributed by atoms with E-state index >= 15 is 0 Å². The number of aromatic nitrogens is 1. The highest BCUT2D eigenvalue weighted by Crippen LogP contribution is 2.26. The lowest BCUT2D eigenvalue weighted by atomic mass is 10.2. The first-order valence-electron chi connectivity index (χ1n) is 7.99. The Morgan fingerprint density at radius 2 is 1.96 bits per heavy atom. The summed E-state index contributed by atoms with van der Waals surface area (Å²) in [6.07, 6.45) is 0. The molecule has 0 aliphatic carbocycles. The van der Waals surface area contributed by atoms with Crippen LogP contribution in [0, 0.1) is 6.92 Å². The smallest absolute Gasteiger partial charge is 0.291 e. The Morgan fingerprint density at radius 1 is 1.12 bits per heavy atom. The normalized spacial score (nSPS) is 11.0. The topological polar surface area (TPSA) is 64.4 Å². The number of aryl methyl sites for hydroxylation is 1. The lowest BCUT2D eigenvalue weighted by molar-refractivity contribution is 0.0998. The summed E-state index contributed by atoms with van der Waals surface area (Å²) in [6, 6.07) is 15.0. The van der Waals surface area contributed by atoms with Gasteiger partial charge in [0.1, 0.15) is 5.75 Å². The van der Waals surface area contributed by atoms with E-state index in [1.54, 1.807) is 13.2 Å². The molecule has 0 aliphatic heterocycles. The van der Waals surface area contributed by atoms with Crippen LogP contribution in [0.25, 0.3) is 22.0 Å². The zero-order chi connectivity index (χ0) is 18.3. The number of fused-ring (bicyclic) bond motifs is 2. The van der Waals surface area contributed by atoms with Gasteiger partial charge in [-0.1, -0.05) is 15.9 Å². The maximum atomic E-state index is 12.6. The van der Waals surface area contributed by atoms with Crippen LogP contribution in [0.5, 0.6) is 5.75 Å². The third-order valence-electron chi connectivity index (χ3n) is 4.17. The SMILES string of the molecule is COc1ccc2cc3cc(C(=O)Nc4ccc(Br)cc4C)oc3nc2c1. The lowest BCUT2D eigenvalue weighted by Gasteiger charge is -2.06. The number of methoxy groups -OCH3 is 1. The van der Waals surface area contributed by atoms with Crippen molar-refractivity contribution in [1.29, 1.82) is 0 Å². The minimum Gasteiger partial charge on any atom is -0.497 e. The van der Waals surface area contributed by atoms with Crippen LogP contribution in [-0.4, -0.2) is 18.0 Å². The van der Waals surface area contributed by atoms with Gasteiger partial charge in [0.05, 0.1) is 12.6 Å². The van der Waals surface area contributed by atoms with Crippen LogP contribution in [0.15, 0.2) is 57.4 Å². The Bertz CT molecular complexity index is 1150. The van der Waals surface area contributed by atoms with E-state index in [1.807, 2.05) is 49.4 Å². The number of amides is 1. The summed E-state index contributed by atoms with van der Waals surface area (Å²) in [7, 11) is 1.61. The number of hydrogen-bond donors (Lipinski definition) is 1. The zero-order valence-corrected chi connectivity index (χ0v) is 15.8. The molecule has 0 radical (unpaired) electrons. The quantitative estimate of drug-likeness (QED) is 0.496. The second kappa shape index (κ2) is 6.46. The standard InChI is InChI=1S/C20H15BrN2O3/c1-11-7-14(21)4-6-16(11)22-19(24)18-9-13-8-12-3-5-15(25-2)10-17(12)23-20(13)26-18/h3-10H,1-2H3,(H,22,24). The molecule has 1 amide bonds. The van der Waals surface area contributed by atoms with Crippen molar-refractivity contribution in [3.8, 4) is 5.75 Å². The molecule has 4 aromatic rings. The van der Waals surface area contributed by atoms with Crippen molar-refractivity contribution in [1.82, 2.24) is 4.98 Å². The fourth-order valence-corrected chi connectivity index (χ4v) is 3.27. The van der Waals surface area contributed by atoms with Crippen LogP contribution >= 0.6 is 15.9 Å². The molecule has 6 heteroatoms. The first-order valence-corrected chi connectivity index (χ1v) is 8.78. The summed E-state index contributed by atoms with van der Waals surface area (Å²) in [5.74, 6) is 0.631. The van der Waals surface area contributed by atoms with E-state index in [0.717, 1.165) is 37.8 Å². The van der Waals surface area contributed by atoms with Gasteiger partial charge < -0.3 is 14.5 Å². The lowest BCUT2D eigenvalue weighted by Crippen LogP contribution is -2.11. The number of furan rings is 1. The molecule has 130 valence electrons. The predicted molar refractivity (Wildman–Crippen MR) is 105 cm³/mol. The summed E-state index contributed by atoms with van der Waals surface area (Å²) in [5.41, 5.74) is 2.87. The Balaban J connectivity index is 1.69. The molecule has 0 aliphatic rings. The Labute approximate surface area is 158 Å². The molecule has 0 spiro atoms. The largest absolute Gasteiger partial charge is 0.497 e. The maximum Gasteiger partial charge on any atom is 0.291 e. The number of nitrogens with zero attached hydrogens (tertiary/aromatic N) is 1. The molecule has 2 aromatic carbocycles. The minimum atomic E-state index is -0.310. The molecule has 0 saturated carbocycles. The summed E-state index contributed by atoms with van der Waals surface area (Å²) in [4.78, 5) is 17.0. The highest BCUT2D eigenvalue weighted by molar-refractivity contribution is 9.10. The molecular formula is C20H15BrN2O3. The molecule has 0 bridgehead atoms. The third-order valence-corrected chi connectivity index (χ3v) is 4.66. The van der Waals surface area contributed by atoms with Gasteiger partial charge in [0, 0.05) is 27.0 Å². The van der Waals surface area contributed by atoms with E-state index in [-0.39, 0.29) is 11.7 Å². The van der Waals surface area contributed by atoms with E-state index in [9.17, 15) is 4.79 Å². The van der Waals surface area contributed by atoms with Gasteiger partial charge in [-0.2, -0.15) is 0 Å². The monoisotopic (exact) mass is 410 g/mol. The van der Waals surface area contributed by atoms with E-state index in [4.69, 9.17) is 9.15 Å². The van der Waals surface area contributed by atoms with Crippen molar-refractivity contribution in [2.24, 2.45) is 0 Å². The molecule has 4 rings (SSSR count). The first-order chi connectivity index (χ1) is 12.5. The van der Waals surface area contributed by atoms with Crippen LogP contribution in [-0.2, 0) is 0 Å². The predicted octanol–water partition coefficient (Wildman–Crippen LogP) is 5.31. The third kappa shape index (κ3) is 3.04. The van der Waals surface area contributed by atoms with Crippen molar-refractivity contribution in [2.75, 3.05) is 12.4 Å². The van der Waals surface area contributed by atoms with Crippen LogP contribution in [0.3, 0.4) is 0 Å². The average Bonchev–Trinajstić information content (AvgIpc) is 3.04. The van der Waals surface area contributed by atoms with Crippen molar-refractivity contribution in [3.05, 3.63) is 64.3 Å². The summed E-state index contributed by atoms with van der Waals surface area (Å²) < 4.78 is 11.9. The van der Waals surface area contributed by atoms with Gasteiger partial charge in [-0.05, 0) is 55.0 Å². The van der Waals surface area contributed by atoms with Crippen molar-refractivity contribution < 1.29 is 13.9 Å². The molecular weight excluding hydrogens is 396 g/mol. The van der Waals surface area contributed by atoms with Crippen molar-refractivity contribution >= 4 is 49.5 Å². The maximum absolute atomic E-state index is 12.6. The van der Waals surface area contributed by atoms with Gasteiger partial charge in [-0.25, -0.2) is 4.98 Å². The fourth-order valence-electron chi connectivity index (χ4n) is 2.80. The van der Waals surface area contributed by atoms with Gasteiger partial charge >= 0.3 is 0 Å². The molecule has 0 saturated heterocycles. The number of carbonyl (C=O) groups is 1. The molecule has 0 unspecified atom stereocenters. The number of carbonyl (C=O) groups excluding carboxylic acids is 1. The van der Waals surface area contributed by atoms with Crippen molar-refractivity contribution in [3.63, 3.8) is 0 Å². The summed E-state index contributed by atoms with van der Waals surface area (Å²) in [6.45, 7) is 1.93. The molecule has 1 N–H and O–H groups in total. The molecule has 2 aromatic heterocycles. The second-order valence-corrected chi connectivity index (χ2v) is 6.88. The van der Waals surface area contributed by atoms with E-state index < -0.39 is 0 Å². The molecule has 2 heterocycles. The number of nitrogens with one attached hydrogen (secondary N) is 1. The second-order valence-electron chi connectivity index (χ2n) is 5.97. The first kappa shape index (κ1) is 16.6. The minimum absolute atomic E-state index is 0.220. The van der Waals surface area contributed by atoms with Gasteiger partial charge in [-0.15, -0.1) is 0 Å². The van der Waals surface area contributed by atoms with Crippen molar-refractivity contribution in [2.45, 2.75) is 6.92 Å². The summed E-state index contributed by atoms with van der Waals surface area (Å²) in [5, 5.41) is 4.60. The van der Waals surface area contributed by atoms with Gasteiger partial charge in [0.25, 0.3) is 5.91 Å². The van der Waals surface area contributed by atoms with Crippen LogP contribution in [0.4, 0.5) is 5.69 Å². The van der Waals surface area contributed by atoms with Crippen LogP contribution < -0.4 is 10.1 Å². The highest BCUT2D eigenvalue weighted by atomic mass is 79.9. The van der Waals surface area contributed by atoms with Gasteiger partial charge in [0.15, 0.2) is 5.76 Å². The molecule has 0 fully saturated rings. The number of ether oxygens (including phenoxy) is 1. The highest BCUT2D eigenvalue weighted by Gasteiger charge is 2.15. The number of halogens is 1. The number of hydrogen-bond acceptors (Lipinski definition) is 4.